The first-order chi connectivity index (χ1) is 10.1. The lowest BCUT2D eigenvalue weighted by atomic mass is 9.84. The van der Waals surface area contributed by atoms with E-state index in [-0.39, 0.29) is 24.3 Å². The quantitative estimate of drug-likeness (QED) is 0.876. The van der Waals surface area contributed by atoms with E-state index in [0.29, 0.717) is 11.7 Å². The first-order valence-electron chi connectivity index (χ1n) is 7.83. The van der Waals surface area contributed by atoms with Crippen molar-refractivity contribution in [3.05, 3.63) is 24.3 Å². The van der Waals surface area contributed by atoms with E-state index in [1.165, 1.54) is 25.7 Å². The Bertz CT molecular complexity index is 517. The number of carbonyl (C=O) groups is 1. The Hall–Kier alpha value is -1.71. The highest BCUT2D eigenvalue weighted by molar-refractivity contribution is 5.77. The summed E-state index contributed by atoms with van der Waals surface area (Å²) in [6, 6.07) is 6.90. The van der Waals surface area contributed by atoms with Gasteiger partial charge in [0.2, 0.25) is 0 Å². The van der Waals surface area contributed by atoms with Crippen LogP contribution in [0.1, 0.15) is 32.6 Å². The van der Waals surface area contributed by atoms with Gasteiger partial charge in [-0.15, -0.1) is 0 Å². The lowest BCUT2D eigenvalue weighted by molar-refractivity contribution is -0.124. The van der Waals surface area contributed by atoms with Gasteiger partial charge in [-0.25, -0.2) is 0 Å². The molecule has 0 heterocycles. The molecule has 1 aromatic rings. The van der Waals surface area contributed by atoms with Gasteiger partial charge in [0.1, 0.15) is 0 Å². The zero-order valence-electron chi connectivity index (χ0n) is 12.4. The molecule has 2 aliphatic carbocycles. The number of nitrogens with one attached hydrogen (secondary N) is 1. The molecule has 3 rings (SSSR count). The van der Waals surface area contributed by atoms with E-state index < -0.39 is 0 Å². The fraction of sp³-hybridized carbons (Fsp3) is 0.588. The van der Waals surface area contributed by atoms with Gasteiger partial charge in [0.25, 0.3) is 5.91 Å². The van der Waals surface area contributed by atoms with Crippen LogP contribution in [-0.4, -0.2) is 23.7 Å². The number of rotatable bonds is 5. The van der Waals surface area contributed by atoms with E-state index in [2.05, 4.69) is 12.2 Å². The number of hydrogen-bond acceptors (Lipinski definition) is 3. The van der Waals surface area contributed by atoms with Crippen molar-refractivity contribution in [2.24, 2.45) is 17.8 Å². The van der Waals surface area contributed by atoms with Crippen molar-refractivity contribution in [3.8, 4) is 11.5 Å². The van der Waals surface area contributed by atoms with Crippen molar-refractivity contribution < 1.29 is 14.6 Å². The largest absolute Gasteiger partial charge is 0.504 e. The van der Waals surface area contributed by atoms with Crippen LogP contribution >= 0.6 is 0 Å². The van der Waals surface area contributed by atoms with Gasteiger partial charge in [-0.1, -0.05) is 18.6 Å². The average Bonchev–Trinajstić information content (AvgIpc) is 3.09. The van der Waals surface area contributed by atoms with Gasteiger partial charge in [0.15, 0.2) is 18.1 Å². The number of hydrogen-bond donors (Lipinski definition) is 2. The summed E-state index contributed by atoms with van der Waals surface area (Å²) in [5.41, 5.74) is 0. The molecular weight excluding hydrogens is 266 g/mol. The fourth-order valence-corrected chi connectivity index (χ4v) is 4.03. The Morgan fingerprint density at radius 2 is 2.19 bits per heavy atom. The third kappa shape index (κ3) is 3.14. The number of phenols is 1. The Balaban J connectivity index is 1.47. The molecule has 0 spiro atoms. The standard InChI is InChI=1S/C17H23NO3/c1-11(14-9-12-6-7-13(14)8-12)18-17(20)10-21-16-5-3-2-4-15(16)19/h2-5,11-14,19H,6-10H2,1H3,(H,18,20)/t11-,12+,13-,14+/m0/s1. The van der Waals surface area contributed by atoms with Crippen LogP contribution in [0.3, 0.4) is 0 Å². The van der Waals surface area contributed by atoms with E-state index >= 15 is 0 Å². The molecule has 114 valence electrons. The molecule has 1 amide bonds. The van der Waals surface area contributed by atoms with Crippen molar-refractivity contribution in [2.45, 2.75) is 38.6 Å². The van der Waals surface area contributed by atoms with Crippen molar-refractivity contribution in [2.75, 3.05) is 6.61 Å². The summed E-state index contributed by atoms with van der Waals surface area (Å²) in [5.74, 6) is 2.60. The van der Waals surface area contributed by atoms with Gasteiger partial charge in [0, 0.05) is 6.04 Å². The number of benzene rings is 1. The highest BCUT2D eigenvalue weighted by atomic mass is 16.5. The molecule has 4 nitrogen and oxygen atoms in total. The Morgan fingerprint density at radius 3 is 2.86 bits per heavy atom. The maximum Gasteiger partial charge on any atom is 0.258 e. The molecule has 4 atom stereocenters. The van der Waals surface area contributed by atoms with Gasteiger partial charge < -0.3 is 15.2 Å². The molecule has 21 heavy (non-hydrogen) atoms. The molecule has 0 unspecified atom stereocenters. The van der Waals surface area contributed by atoms with Crippen molar-refractivity contribution in [1.29, 1.82) is 0 Å². The maximum atomic E-state index is 12.0. The summed E-state index contributed by atoms with van der Waals surface area (Å²) in [6.45, 7) is 2.05. The zero-order chi connectivity index (χ0) is 14.8. The van der Waals surface area contributed by atoms with Crippen LogP contribution in [0.2, 0.25) is 0 Å². The second kappa shape index (κ2) is 5.96. The number of amides is 1. The highest BCUT2D eigenvalue weighted by Gasteiger charge is 2.42. The summed E-state index contributed by atoms with van der Waals surface area (Å²) in [4.78, 5) is 12.0. The second-order valence-electron chi connectivity index (χ2n) is 6.45. The van der Waals surface area contributed by atoms with Crippen molar-refractivity contribution in [1.82, 2.24) is 5.32 Å². The molecule has 2 saturated carbocycles. The van der Waals surface area contributed by atoms with Crippen molar-refractivity contribution >= 4 is 5.91 Å². The molecule has 0 aliphatic heterocycles. The lowest BCUT2D eigenvalue weighted by Crippen LogP contribution is -2.42. The molecule has 2 bridgehead atoms. The van der Waals surface area contributed by atoms with E-state index in [4.69, 9.17) is 4.74 Å². The molecule has 0 radical (unpaired) electrons. The van der Waals surface area contributed by atoms with Gasteiger partial charge in [0.05, 0.1) is 0 Å². The number of phenolic OH excluding ortho intramolecular Hbond substituents is 1. The summed E-state index contributed by atoms with van der Waals surface area (Å²) < 4.78 is 5.36. The summed E-state index contributed by atoms with van der Waals surface area (Å²) in [6.07, 6.45) is 5.30. The predicted octanol–water partition coefficient (Wildman–Crippen LogP) is 2.71. The van der Waals surface area contributed by atoms with Crippen LogP contribution in [0, 0.1) is 17.8 Å². The highest BCUT2D eigenvalue weighted by Crippen LogP contribution is 2.49. The van der Waals surface area contributed by atoms with Crippen LogP contribution in [0.25, 0.3) is 0 Å². The smallest absolute Gasteiger partial charge is 0.258 e. The zero-order valence-corrected chi connectivity index (χ0v) is 12.4. The number of fused-ring (bicyclic) bond motifs is 2. The van der Waals surface area contributed by atoms with E-state index in [1.54, 1.807) is 24.3 Å². The normalized spacial score (nSPS) is 28.3. The van der Waals surface area contributed by atoms with Crippen LogP contribution < -0.4 is 10.1 Å². The molecule has 0 aromatic heterocycles. The lowest BCUT2D eigenvalue weighted by Gasteiger charge is -2.28. The number of ether oxygens (including phenoxy) is 1. The third-order valence-corrected chi connectivity index (χ3v) is 5.05. The predicted molar refractivity (Wildman–Crippen MR) is 80.1 cm³/mol. The molecule has 0 saturated heterocycles. The Kier molecular flexibility index (Phi) is 4.04. The van der Waals surface area contributed by atoms with Gasteiger partial charge >= 0.3 is 0 Å². The number of para-hydroxylation sites is 2. The minimum absolute atomic E-state index is 0.0528. The fourth-order valence-electron chi connectivity index (χ4n) is 4.03. The summed E-state index contributed by atoms with van der Waals surface area (Å²) >= 11 is 0. The van der Waals surface area contributed by atoms with Gasteiger partial charge in [-0.2, -0.15) is 0 Å². The van der Waals surface area contributed by atoms with Crippen LogP contribution in [0.15, 0.2) is 24.3 Å². The minimum Gasteiger partial charge on any atom is -0.504 e. The van der Waals surface area contributed by atoms with Crippen molar-refractivity contribution in [3.63, 3.8) is 0 Å². The topological polar surface area (TPSA) is 58.6 Å². The Labute approximate surface area is 125 Å². The summed E-state index contributed by atoms with van der Waals surface area (Å²) in [7, 11) is 0. The third-order valence-electron chi connectivity index (χ3n) is 5.05. The molecule has 2 aliphatic rings. The molecule has 1 aromatic carbocycles. The Morgan fingerprint density at radius 1 is 1.38 bits per heavy atom. The molecule has 2 N–H and O–H groups in total. The van der Waals surface area contributed by atoms with Crippen LogP contribution in [0.4, 0.5) is 0 Å². The average molecular weight is 289 g/mol. The molecule has 4 heteroatoms. The van der Waals surface area contributed by atoms with Crippen LogP contribution in [0.5, 0.6) is 11.5 Å². The SMILES string of the molecule is C[C@H](NC(=O)COc1ccccc1O)[C@H]1C[C@@H]2CC[C@H]1C2. The molecule has 2 fully saturated rings. The number of carbonyl (C=O) groups excluding carboxylic acids is 1. The first-order valence-corrected chi connectivity index (χ1v) is 7.83. The monoisotopic (exact) mass is 289 g/mol. The second-order valence-corrected chi connectivity index (χ2v) is 6.45. The first kappa shape index (κ1) is 14.2. The van der Waals surface area contributed by atoms with Gasteiger partial charge in [-0.3, -0.25) is 4.79 Å². The molecular formula is C17H23NO3. The van der Waals surface area contributed by atoms with E-state index in [0.717, 1.165) is 11.8 Å². The van der Waals surface area contributed by atoms with E-state index in [9.17, 15) is 9.90 Å². The van der Waals surface area contributed by atoms with E-state index in [1.807, 2.05) is 0 Å². The summed E-state index contributed by atoms with van der Waals surface area (Å²) in [5, 5.41) is 12.6. The van der Waals surface area contributed by atoms with Crippen LogP contribution in [-0.2, 0) is 4.79 Å². The maximum absolute atomic E-state index is 12.0. The minimum atomic E-state index is -0.117. The number of aromatic hydroxyl groups is 1. The van der Waals surface area contributed by atoms with Gasteiger partial charge in [-0.05, 0) is 56.1 Å².